The molecule has 0 aliphatic heterocycles. The van der Waals surface area contributed by atoms with Crippen LogP contribution in [0.4, 0.5) is 5.69 Å². The van der Waals surface area contributed by atoms with Gasteiger partial charge in [-0.15, -0.1) is 0 Å². The summed E-state index contributed by atoms with van der Waals surface area (Å²) in [4.78, 5) is 0.419. The smallest absolute Gasteiger partial charge is 0.104 e. The number of hydrogen-bond acceptors (Lipinski definition) is 2. The minimum absolute atomic E-state index is 0.0766. The molecule has 0 radical (unpaired) electrons. The van der Waals surface area contributed by atoms with E-state index in [1.807, 2.05) is 18.2 Å². The number of halogens is 1. The van der Waals surface area contributed by atoms with Crippen molar-refractivity contribution in [3.8, 4) is 0 Å². The molecule has 0 aromatic heterocycles. The zero-order valence-corrected chi connectivity index (χ0v) is 12.2. The number of anilines is 1. The van der Waals surface area contributed by atoms with Gasteiger partial charge >= 0.3 is 0 Å². The van der Waals surface area contributed by atoms with Crippen LogP contribution in [0.25, 0.3) is 0 Å². The highest BCUT2D eigenvalue weighted by molar-refractivity contribution is 9.10. The van der Waals surface area contributed by atoms with Gasteiger partial charge < -0.3 is 11.1 Å². The lowest BCUT2D eigenvalue weighted by molar-refractivity contribution is 0.547. The van der Waals surface area contributed by atoms with Crippen LogP contribution >= 0.6 is 28.1 Å². The lowest BCUT2D eigenvalue weighted by Gasteiger charge is -2.26. The third-order valence-corrected chi connectivity index (χ3v) is 3.50. The van der Waals surface area contributed by atoms with E-state index >= 15 is 0 Å². The van der Waals surface area contributed by atoms with Crippen LogP contribution in [0.3, 0.4) is 0 Å². The average molecular weight is 301 g/mol. The second kappa shape index (κ2) is 5.15. The number of thiocarbonyl (C=S) groups is 1. The van der Waals surface area contributed by atoms with Crippen molar-refractivity contribution in [1.29, 1.82) is 0 Å². The summed E-state index contributed by atoms with van der Waals surface area (Å²) >= 11 is 8.45. The Morgan fingerprint density at radius 2 is 2.12 bits per heavy atom. The summed E-state index contributed by atoms with van der Waals surface area (Å²) in [6.07, 6.45) is 1.05. The van der Waals surface area contributed by atoms with Crippen LogP contribution in [0.5, 0.6) is 0 Å². The molecule has 0 spiro atoms. The van der Waals surface area contributed by atoms with Crippen LogP contribution in [0, 0.1) is 0 Å². The maximum absolute atomic E-state index is 5.58. The molecule has 4 heteroatoms. The number of nitrogens with two attached hydrogens (primary N) is 1. The molecule has 0 aliphatic carbocycles. The second-order valence-electron chi connectivity index (χ2n) is 4.42. The first-order valence-corrected chi connectivity index (χ1v) is 6.43. The molecule has 0 aliphatic rings. The predicted molar refractivity (Wildman–Crippen MR) is 78.0 cm³/mol. The normalized spacial score (nSPS) is 11.2. The number of benzene rings is 1. The van der Waals surface area contributed by atoms with E-state index in [-0.39, 0.29) is 5.54 Å². The summed E-state index contributed by atoms with van der Waals surface area (Å²) in [5, 5.41) is 3.47. The largest absolute Gasteiger partial charge is 0.389 e. The van der Waals surface area contributed by atoms with E-state index in [0.717, 1.165) is 22.1 Å². The van der Waals surface area contributed by atoms with Crippen molar-refractivity contribution < 1.29 is 0 Å². The van der Waals surface area contributed by atoms with Crippen LogP contribution < -0.4 is 11.1 Å². The molecule has 0 unspecified atom stereocenters. The quantitative estimate of drug-likeness (QED) is 0.833. The summed E-state index contributed by atoms with van der Waals surface area (Å²) in [7, 11) is 0. The Hall–Kier alpha value is -0.610. The van der Waals surface area contributed by atoms with E-state index in [4.69, 9.17) is 18.0 Å². The molecule has 0 heterocycles. The Morgan fingerprint density at radius 3 is 2.56 bits per heavy atom. The van der Waals surface area contributed by atoms with Crippen LogP contribution in [0.1, 0.15) is 32.8 Å². The SMILES string of the molecule is CCC(C)(C)Nc1ccc(C(N)=S)cc1Br. The minimum atomic E-state index is 0.0766. The topological polar surface area (TPSA) is 38.0 Å². The van der Waals surface area contributed by atoms with Gasteiger partial charge in [-0.2, -0.15) is 0 Å². The summed E-state index contributed by atoms with van der Waals surface area (Å²) in [5.41, 5.74) is 7.59. The molecule has 0 bridgehead atoms. The van der Waals surface area contributed by atoms with E-state index in [2.05, 4.69) is 42.0 Å². The number of nitrogens with one attached hydrogen (secondary N) is 1. The van der Waals surface area contributed by atoms with Gasteiger partial charge in [0, 0.05) is 21.3 Å². The van der Waals surface area contributed by atoms with Crippen molar-refractivity contribution in [3.05, 3.63) is 28.2 Å². The Balaban J connectivity index is 2.96. The maximum atomic E-state index is 5.58. The van der Waals surface area contributed by atoms with Gasteiger partial charge in [0.1, 0.15) is 4.99 Å². The summed E-state index contributed by atoms with van der Waals surface area (Å²) in [5.74, 6) is 0. The van der Waals surface area contributed by atoms with Gasteiger partial charge in [0.15, 0.2) is 0 Å². The van der Waals surface area contributed by atoms with Crippen molar-refractivity contribution >= 4 is 38.8 Å². The molecule has 88 valence electrons. The fraction of sp³-hybridized carbons (Fsp3) is 0.417. The van der Waals surface area contributed by atoms with Gasteiger partial charge in [-0.05, 0) is 54.4 Å². The fourth-order valence-corrected chi connectivity index (χ4v) is 1.83. The zero-order chi connectivity index (χ0) is 12.3. The molecule has 2 nitrogen and oxygen atoms in total. The van der Waals surface area contributed by atoms with Gasteiger partial charge in [-0.25, -0.2) is 0 Å². The van der Waals surface area contributed by atoms with Crippen molar-refractivity contribution in [2.75, 3.05) is 5.32 Å². The van der Waals surface area contributed by atoms with Gasteiger partial charge in [-0.3, -0.25) is 0 Å². The van der Waals surface area contributed by atoms with Gasteiger partial charge in [0.05, 0.1) is 0 Å². The summed E-state index contributed by atoms with van der Waals surface area (Å²) in [6.45, 7) is 6.49. The Bertz CT molecular complexity index is 402. The highest BCUT2D eigenvalue weighted by Gasteiger charge is 2.15. The van der Waals surface area contributed by atoms with E-state index in [9.17, 15) is 0 Å². The van der Waals surface area contributed by atoms with Crippen LogP contribution in [0.15, 0.2) is 22.7 Å². The van der Waals surface area contributed by atoms with Crippen LogP contribution in [-0.2, 0) is 0 Å². The van der Waals surface area contributed by atoms with Crippen LogP contribution in [-0.4, -0.2) is 10.5 Å². The summed E-state index contributed by atoms with van der Waals surface area (Å²) in [6, 6.07) is 5.87. The molecule has 0 atom stereocenters. The highest BCUT2D eigenvalue weighted by Crippen LogP contribution is 2.27. The zero-order valence-electron chi connectivity index (χ0n) is 9.80. The van der Waals surface area contributed by atoms with Crippen molar-refractivity contribution in [2.24, 2.45) is 5.73 Å². The second-order valence-corrected chi connectivity index (χ2v) is 5.72. The van der Waals surface area contributed by atoms with E-state index in [1.165, 1.54) is 0 Å². The van der Waals surface area contributed by atoms with Crippen molar-refractivity contribution in [2.45, 2.75) is 32.7 Å². The molecule has 0 saturated heterocycles. The molecule has 0 saturated carbocycles. The Kier molecular flexibility index (Phi) is 4.33. The van der Waals surface area contributed by atoms with E-state index in [1.54, 1.807) is 0 Å². The number of rotatable bonds is 4. The third kappa shape index (κ3) is 3.46. The van der Waals surface area contributed by atoms with Gasteiger partial charge in [0.25, 0.3) is 0 Å². The highest BCUT2D eigenvalue weighted by atomic mass is 79.9. The lowest BCUT2D eigenvalue weighted by Crippen LogP contribution is -2.29. The molecule has 0 amide bonds. The Labute approximate surface area is 111 Å². The molecule has 1 aromatic rings. The first-order valence-electron chi connectivity index (χ1n) is 5.23. The first kappa shape index (κ1) is 13.5. The van der Waals surface area contributed by atoms with Gasteiger partial charge in [0.2, 0.25) is 0 Å². The monoisotopic (exact) mass is 300 g/mol. The Morgan fingerprint density at radius 1 is 1.50 bits per heavy atom. The molecule has 16 heavy (non-hydrogen) atoms. The van der Waals surface area contributed by atoms with Crippen molar-refractivity contribution in [3.63, 3.8) is 0 Å². The molecule has 0 fully saturated rings. The van der Waals surface area contributed by atoms with E-state index < -0.39 is 0 Å². The molecular weight excluding hydrogens is 284 g/mol. The first-order chi connectivity index (χ1) is 7.35. The third-order valence-electron chi connectivity index (χ3n) is 2.61. The molecular formula is C12H17BrN2S. The van der Waals surface area contributed by atoms with E-state index in [0.29, 0.717) is 4.99 Å². The predicted octanol–water partition coefficient (Wildman–Crippen LogP) is 3.68. The molecule has 1 aromatic carbocycles. The standard InChI is InChI=1S/C12H17BrN2S/c1-4-12(2,3)15-10-6-5-8(11(14)16)7-9(10)13/h5-7,15H,4H2,1-3H3,(H2,14,16). The fourth-order valence-electron chi connectivity index (χ4n) is 1.22. The number of hydrogen-bond donors (Lipinski definition) is 2. The van der Waals surface area contributed by atoms with Gasteiger partial charge in [-0.1, -0.05) is 19.1 Å². The molecule has 3 N–H and O–H groups in total. The average Bonchev–Trinajstić information content (AvgIpc) is 2.20. The summed E-state index contributed by atoms with van der Waals surface area (Å²) < 4.78 is 0.985. The minimum Gasteiger partial charge on any atom is -0.389 e. The molecule has 1 rings (SSSR count). The maximum Gasteiger partial charge on any atom is 0.104 e. The van der Waals surface area contributed by atoms with Crippen molar-refractivity contribution in [1.82, 2.24) is 0 Å². The van der Waals surface area contributed by atoms with Crippen LogP contribution in [0.2, 0.25) is 0 Å². The lowest BCUT2D eigenvalue weighted by atomic mass is 10.0.